The molecule has 0 saturated carbocycles. The van der Waals surface area contributed by atoms with Crippen LogP contribution in [-0.4, -0.2) is 99.6 Å². The fourth-order valence-corrected chi connectivity index (χ4v) is 9.15. The lowest BCUT2D eigenvalue weighted by Gasteiger charge is -2.41. The standard InChI is InChI=1S/C68H115NO10/c1-4-7-10-13-16-19-22-24-26-28-29-30-31-32-34-35-37-40-43-46-49-52-55-61(72)67(76)69-59(60(71)54-51-48-45-42-39-21-18-15-12-9-6-3)58-77-68-66(65(75)64(74)62(57-70)78-68)79-63(73)56-53-50-47-44-41-38-36-33-27-25-23-20-17-14-11-8-5-2/h7,10,16-17,19-20,24-27,29-30,32,34,36,38,51,54,59-62,64-66,68,70-72,74-75H,4-6,8-9,11-15,18,21-23,28,31,33,35,37,39-50,52-53,55-58H2,1-3H3,(H,69,76)/b10-7-,19-16-,20-17-,26-24-,27-25-,30-29-,34-32-,38-36-,54-51+. The molecule has 1 heterocycles. The van der Waals surface area contributed by atoms with Gasteiger partial charge in [0.2, 0.25) is 5.91 Å². The summed E-state index contributed by atoms with van der Waals surface area (Å²) < 4.78 is 17.6. The SMILES string of the molecule is CC/C=C\C/C=C\C/C=C\C/C=C\C/C=C\CCCCCCCCC(O)C(=O)NC(COC1OC(CO)C(O)C(O)C1OC(=O)CCCCCC/C=C\C/C=C\C/C=C\CCCCC)C(O)/C=C/CCCCCCCCCCC. The third kappa shape index (κ3) is 42.8. The molecule has 0 aromatic heterocycles. The van der Waals surface area contributed by atoms with Gasteiger partial charge >= 0.3 is 5.97 Å². The second-order valence-electron chi connectivity index (χ2n) is 21.4. The van der Waals surface area contributed by atoms with Gasteiger partial charge in [-0.25, -0.2) is 0 Å². The molecule has 1 aliphatic heterocycles. The number of ether oxygens (including phenoxy) is 3. The zero-order valence-corrected chi connectivity index (χ0v) is 50.0. The molecule has 8 unspecified atom stereocenters. The number of carbonyl (C=O) groups excluding carboxylic acids is 2. The van der Waals surface area contributed by atoms with Gasteiger partial charge in [0, 0.05) is 6.42 Å². The van der Waals surface area contributed by atoms with Crippen LogP contribution in [0.15, 0.2) is 109 Å². The van der Waals surface area contributed by atoms with E-state index in [0.29, 0.717) is 12.8 Å². The Balaban J connectivity index is 2.68. The number of esters is 1. The zero-order valence-electron chi connectivity index (χ0n) is 50.0. The van der Waals surface area contributed by atoms with E-state index in [0.717, 1.165) is 141 Å². The molecule has 1 saturated heterocycles. The van der Waals surface area contributed by atoms with Gasteiger partial charge in [-0.2, -0.15) is 0 Å². The number of amides is 1. The van der Waals surface area contributed by atoms with Crippen LogP contribution in [0.4, 0.5) is 0 Å². The Kier molecular flexibility index (Phi) is 50.9. The van der Waals surface area contributed by atoms with Crippen LogP contribution in [0.5, 0.6) is 0 Å². The predicted octanol–water partition coefficient (Wildman–Crippen LogP) is 15.3. The second-order valence-corrected chi connectivity index (χ2v) is 21.4. The number of unbranched alkanes of at least 4 members (excludes halogenated alkanes) is 22. The van der Waals surface area contributed by atoms with Gasteiger partial charge in [-0.15, -0.1) is 0 Å². The molecule has 6 N–H and O–H groups in total. The summed E-state index contributed by atoms with van der Waals surface area (Å²) in [5, 5.41) is 57.0. The molecular weight excluding hydrogens is 991 g/mol. The lowest BCUT2D eigenvalue weighted by Crippen LogP contribution is -2.61. The Bertz CT molecular complexity index is 1700. The highest BCUT2D eigenvalue weighted by Crippen LogP contribution is 2.26. The minimum Gasteiger partial charge on any atom is -0.454 e. The number of carbonyl (C=O) groups is 2. The van der Waals surface area contributed by atoms with Crippen LogP contribution in [0.2, 0.25) is 0 Å². The van der Waals surface area contributed by atoms with Crippen molar-refractivity contribution in [2.75, 3.05) is 13.2 Å². The van der Waals surface area contributed by atoms with Gasteiger partial charge in [-0.3, -0.25) is 9.59 Å². The van der Waals surface area contributed by atoms with Gasteiger partial charge in [-0.1, -0.05) is 239 Å². The zero-order chi connectivity index (χ0) is 57.5. The van der Waals surface area contributed by atoms with Crippen LogP contribution in [-0.2, 0) is 23.8 Å². The predicted molar refractivity (Wildman–Crippen MR) is 328 cm³/mol. The average Bonchev–Trinajstić information content (AvgIpc) is 3.45. The summed E-state index contributed by atoms with van der Waals surface area (Å²) in [7, 11) is 0. The Hall–Kier alpha value is -3.68. The van der Waals surface area contributed by atoms with Gasteiger partial charge in [0.05, 0.1) is 25.4 Å². The first-order valence-electron chi connectivity index (χ1n) is 31.7. The van der Waals surface area contributed by atoms with Gasteiger partial charge in [0.25, 0.3) is 0 Å². The Morgan fingerprint density at radius 2 is 0.911 bits per heavy atom. The normalized spacial score (nSPS) is 19.6. The molecule has 11 nitrogen and oxygen atoms in total. The van der Waals surface area contributed by atoms with E-state index < -0.39 is 67.4 Å². The quantitative estimate of drug-likeness (QED) is 0.0195. The Morgan fingerprint density at radius 1 is 0.506 bits per heavy atom. The molecule has 11 heteroatoms. The van der Waals surface area contributed by atoms with Gasteiger partial charge < -0.3 is 45.1 Å². The van der Waals surface area contributed by atoms with E-state index in [2.05, 4.69) is 123 Å². The third-order valence-electron chi connectivity index (χ3n) is 14.2. The number of rotatable bonds is 52. The van der Waals surface area contributed by atoms with E-state index in [9.17, 15) is 35.1 Å². The van der Waals surface area contributed by atoms with Crippen molar-refractivity contribution in [1.29, 1.82) is 0 Å². The largest absolute Gasteiger partial charge is 0.454 e. The first-order valence-corrected chi connectivity index (χ1v) is 31.7. The molecule has 79 heavy (non-hydrogen) atoms. The highest BCUT2D eigenvalue weighted by atomic mass is 16.7. The van der Waals surface area contributed by atoms with Crippen molar-refractivity contribution >= 4 is 11.9 Å². The molecule has 1 fully saturated rings. The molecule has 0 aliphatic carbocycles. The Labute approximate surface area is 481 Å². The van der Waals surface area contributed by atoms with Crippen LogP contribution in [0.25, 0.3) is 0 Å². The van der Waals surface area contributed by atoms with Crippen molar-refractivity contribution in [2.45, 2.75) is 294 Å². The van der Waals surface area contributed by atoms with Gasteiger partial charge in [-0.05, 0) is 109 Å². The number of hydrogen-bond acceptors (Lipinski definition) is 10. The first kappa shape index (κ1) is 73.3. The topological polar surface area (TPSA) is 175 Å². The molecule has 1 rings (SSSR count). The maximum Gasteiger partial charge on any atom is 0.306 e. The van der Waals surface area contributed by atoms with Crippen LogP contribution in [0, 0.1) is 0 Å². The summed E-state index contributed by atoms with van der Waals surface area (Å²) in [5.74, 6) is -1.24. The number of aliphatic hydroxyl groups excluding tert-OH is 5. The summed E-state index contributed by atoms with van der Waals surface area (Å²) in [5.41, 5.74) is 0. The fourth-order valence-electron chi connectivity index (χ4n) is 9.15. The van der Waals surface area contributed by atoms with E-state index in [1.165, 1.54) is 57.8 Å². The molecule has 1 amide bonds. The molecule has 0 spiro atoms. The molecule has 0 radical (unpaired) electrons. The number of nitrogens with one attached hydrogen (secondary N) is 1. The smallest absolute Gasteiger partial charge is 0.306 e. The highest BCUT2D eigenvalue weighted by molar-refractivity contribution is 5.80. The van der Waals surface area contributed by atoms with Gasteiger partial charge in [0.1, 0.15) is 24.4 Å². The van der Waals surface area contributed by atoms with E-state index in [-0.39, 0.29) is 19.4 Å². The molecule has 8 atom stereocenters. The molecule has 0 aromatic rings. The minimum atomic E-state index is -1.63. The fraction of sp³-hybridized carbons (Fsp3) is 0.706. The molecule has 0 aromatic carbocycles. The summed E-state index contributed by atoms with van der Waals surface area (Å²) in [6.07, 6.45) is 64.0. The summed E-state index contributed by atoms with van der Waals surface area (Å²) in [6, 6.07) is -1.04. The van der Waals surface area contributed by atoms with Crippen molar-refractivity contribution in [1.82, 2.24) is 5.32 Å². The third-order valence-corrected chi connectivity index (χ3v) is 14.2. The molecule has 1 aliphatic rings. The van der Waals surface area contributed by atoms with Crippen LogP contribution < -0.4 is 5.32 Å². The monoisotopic (exact) mass is 1110 g/mol. The van der Waals surface area contributed by atoms with Crippen LogP contribution in [0.3, 0.4) is 0 Å². The maximum absolute atomic E-state index is 13.4. The van der Waals surface area contributed by atoms with Crippen molar-refractivity contribution in [3.8, 4) is 0 Å². The lowest BCUT2D eigenvalue weighted by molar-refractivity contribution is -0.305. The summed E-state index contributed by atoms with van der Waals surface area (Å²) in [4.78, 5) is 26.6. The summed E-state index contributed by atoms with van der Waals surface area (Å²) >= 11 is 0. The minimum absolute atomic E-state index is 0.0913. The maximum atomic E-state index is 13.4. The molecule has 452 valence electrons. The number of aliphatic hydroxyl groups is 5. The second kappa shape index (κ2) is 54.9. The van der Waals surface area contributed by atoms with E-state index in [4.69, 9.17) is 14.2 Å². The lowest BCUT2D eigenvalue weighted by atomic mass is 9.99. The van der Waals surface area contributed by atoms with Gasteiger partial charge in [0.15, 0.2) is 12.4 Å². The van der Waals surface area contributed by atoms with Crippen molar-refractivity contribution in [3.63, 3.8) is 0 Å². The first-order chi connectivity index (χ1) is 38.7. The van der Waals surface area contributed by atoms with Crippen molar-refractivity contribution in [3.05, 3.63) is 109 Å². The summed E-state index contributed by atoms with van der Waals surface area (Å²) in [6.45, 7) is 5.61. The van der Waals surface area contributed by atoms with E-state index in [1.54, 1.807) is 6.08 Å². The molecular formula is C68H115NO10. The van der Waals surface area contributed by atoms with Crippen molar-refractivity contribution < 1.29 is 49.3 Å². The average molecular weight is 1110 g/mol. The number of allylic oxidation sites excluding steroid dienone is 17. The number of hydrogen-bond donors (Lipinski definition) is 6. The highest BCUT2D eigenvalue weighted by Gasteiger charge is 2.47. The van der Waals surface area contributed by atoms with E-state index >= 15 is 0 Å². The van der Waals surface area contributed by atoms with Crippen LogP contribution >= 0.6 is 0 Å². The molecule has 0 bridgehead atoms. The van der Waals surface area contributed by atoms with Crippen molar-refractivity contribution in [2.24, 2.45) is 0 Å². The van der Waals surface area contributed by atoms with E-state index in [1.807, 2.05) is 6.08 Å². The van der Waals surface area contributed by atoms with Crippen LogP contribution in [0.1, 0.15) is 245 Å². The Morgan fingerprint density at radius 3 is 1.39 bits per heavy atom.